The zero-order valence-corrected chi connectivity index (χ0v) is 12.6. The van der Waals surface area contributed by atoms with Gasteiger partial charge in [0.05, 0.1) is 0 Å². The van der Waals surface area contributed by atoms with Crippen LogP contribution in [-0.2, 0) is 6.42 Å². The van der Waals surface area contributed by atoms with Crippen molar-refractivity contribution in [3.63, 3.8) is 0 Å². The Balaban J connectivity index is 2.21. The Hall–Kier alpha value is -1.22. The molecule has 0 saturated heterocycles. The van der Waals surface area contributed by atoms with Crippen molar-refractivity contribution in [3.05, 3.63) is 23.8 Å². The summed E-state index contributed by atoms with van der Waals surface area (Å²) in [5, 5.41) is 3.19. The summed E-state index contributed by atoms with van der Waals surface area (Å²) in [5.74, 6) is 2.25. The van der Waals surface area contributed by atoms with Gasteiger partial charge in [-0.1, -0.05) is 26.0 Å². The molecule has 2 rings (SSSR count). The lowest BCUT2D eigenvalue weighted by Crippen LogP contribution is -2.34. The second-order valence-corrected chi connectivity index (χ2v) is 6.24. The second-order valence-electron chi connectivity index (χ2n) is 6.24. The smallest absolute Gasteiger partial charge is 0.165 e. The third-order valence-electron chi connectivity index (χ3n) is 3.48. The van der Waals surface area contributed by atoms with Crippen LogP contribution in [0.4, 0.5) is 0 Å². The highest BCUT2D eigenvalue weighted by atomic mass is 16.5. The van der Waals surface area contributed by atoms with E-state index in [1.807, 2.05) is 13.1 Å². The molecule has 3 heteroatoms. The minimum Gasteiger partial charge on any atom is -0.485 e. The van der Waals surface area contributed by atoms with Crippen LogP contribution in [0.1, 0.15) is 33.3 Å². The summed E-state index contributed by atoms with van der Waals surface area (Å²) >= 11 is 0. The predicted octanol–water partition coefficient (Wildman–Crippen LogP) is 3.02. The van der Waals surface area contributed by atoms with Crippen molar-refractivity contribution in [2.45, 2.75) is 45.8 Å². The third kappa shape index (κ3) is 3.21. The van der Waals surface area contributed by atoms with Crippen LogP contribution < -0.4 is 14.8 Å². The number of likely N-dealkylation sites (N-methyl/N-ethyl adjacent to an activating group) is 1. The predicted molar refractivity (Wildman–Crippen MR) is 78.0 cm³/mol. The highest BCUT2D eigenvalue weighted by molar-refractivity contribution is 5.50. The number of benzene rings is 1. The van der Waals surface area contributed by atoms with Crippen LogP contribution in [0.3, 0.4) is 0 Å². The molecule has 0 aromatic heterocycles. The number of hydrogen-bond acceptors (Lipinski definition) is 3. The first-order valence-electron chi connectivity index (χ1n) is 7.05. The molecule has 1 aromatic carbocycles. The summed E-state index contributed by atoms with van der Waals surface area (Å²) < 4.78 is 12.2. The maximum atomic E-state index is 6.16. The zero-order valence-electron chi connectivity index (χ0n) is 12.6. The van der Waals surface area contributed by atoms with Gasteiger partial charge in [-0.3, -0.25) is 0 Å². The minimum atomic E-state index is -0.127. The Labute approximate surface area is 116 Å². The van der Waals surface area contributed by atoms with Gasteiger partial charge >= 0.3 is 0 Å². The van der Waals surface area contributed by atoms with Crippen LogP contribution in [0.25, 0.3) is 0 Å². The molecule has 0 fully saturated rings. The van der Waals surface area contributed by atoms with Crippen molar-refractivity contribution in [2.24, 2.45) is 5.92 Å². The lowest BCUT2D eigenvalue weighted by Gasteiger charge is -2.24. The molecule has 1 aliphatic heterocycles. The molecule has 1 unspecified atom stereocenters. The van der Waals surface area contributed by atoms with Crippen molar-refractivity contribution in [1.82, 2.24) is 5.32 Å². The average molecular weight is 263 g/mol. The van der Waals surface area contributed by atoms with E-state index in [1.165, 1.54) is 5.56 Å². The number of ether oxygens (including phenoxy) is 2. The average Bonchev–Trinajstić information content (AvgIpc) is 2.63. The molecule has 1 aliphatic rings. The van der Waals surface area contributed by atoms with E-state index in [0.717, 1.165) is 24.5 Å². The molecular weight excluding hydrogens is 238 g/mol. The molecule has 0 spiro atoms. The summed E-state index contributed by atoms with van der Waals surface area (Å²) in [4.78, 5) is 0. The Morgan fingerprint density at radius 2 is 2.11 bits per heavy atom. The van der Waals surface area contributed by atoms with Crippen LogP contribution in [0, 0.1) is 5.92 Å². The molecule has 106 valence electrons. The minimum absolute atomic E-state index is 0.127. The summed E-state index contributed by atoms with van der Waals surface area (Å²) in [6.45, 7) is 9.42. The zero-order chi connectivity index (χ0) is 14.0. The van der Waals surface area contributed by atoms with Gasteiger partial charge in [-0.25, -0.2) is 0 Å². The number of hydrogen-bond donors (Lipinski definition) is 1. The first-order chi connectivity index (χ1) is 8.93. The maximum absolute atomic E-state index is 6.16. The normalized spacial score (nSPS) is 18.0. The standard InChI is InChI=1S/C16H25NO2/c1-11(2)14(10-17-5)18-13-8-6-7-12-9-16(3,4)19-15(12)13/h6-8,11,14,17H,9-10H2,1-5H3. The van der Waals surface area contributed by atoms with E-state index in [2.05, 4.69) is 45.1 Å². The van der Waals surface area contributed by atoms with Gasteiger partial charge in [-0.05, 0) is 32.9 Å². The summed E-state index contributed by atoms with van der Waals surface area (Å²) in [5.41, 5.74) is 1.12. The van der Waals surface area contributed by atoms with Gasteiger partial charge in [0.1, 0.15) is 11.7 Å². The topological polar surface area (TPSA) is 30.5 Å². The molecule has 1 atom stereocenters. The van der Waals surface area contributed by atoms with Crippen molar-refractivity contribution in [3.8, 4) is 11.5 Å². The van der Waals surface area contributed by atoms with E-state index >= 15 is 0 Å². The molecule has 0 saturated carbocycles. The Bertz CT molecular complexity index is 440. The largest absolute Gasteiger partial charge is 0.485 e. The number of rotatable bonds is 5. The van der Waals surface area contributed by atoms with Gasteiger partial charge in [0.15, 0.2) is 11.5 Å². The molecule has 0 aliphatic carbocycles. The highest BCUT2D eigenvalue weighted by Crippen LogP contribution is 2.42. The van der Waals surface area contributed by atoms with Crippen LogP contribution >= 0.6 is 0 Å². The van der Waals surface area contributed by atoms with Gasteiger partial charge in [0.25, 0.3) is 0 Å². The molecule has 3 nitrogen and oxygen atoms in total. The number of para-hydroxylation sites is 1. The van der Waals surface area contributed by atoms with E-state index in [0.29, 0.717) is 5.92 Å². The van der Waals surface area contributed by atoms with E-state index in [1.54, 1.807) is 0 Å². The quantitative estimate of drug-likeness (QED) is 0.886. The van der Waals surface area contributed by atoms with Gasteiger partial charge in [0.2, 0.25) is 0 Å². The highest BCUT2D eigenvalue weighted by Gasteiger charge is 2.32. The van der Waals surface area contributed by atoms with Gasteiger partial charge < -0.3 is 14.8 Å². The van der Waals surface area contributed by atoms with E-state index in [4.69, 9.17) is 9.47 Å². The van der Waals surface area contributed by atoms with Crippen molar-refractivity contribution < 1.29 is 9.47 Å². The molecule has 0 bridgehead atoms. The van der Waals surface area contributed by atoms with Crippen molar-refractivity contribution in [1.29, 1.82) is 0 Å². The number of fused-ring (bicyclic) bond motifs is 1. The molecule has 0 radical (unpaired) electrons. The third-order valence-corrected chi connectivity index (χ3v) is 3.48. The summed E-state index contributed by atoms with van der Waals surface area (Å²) in [6.07, 6.45) is 1.10. The molecule has 1 aromatic rings. The monoisotopic (exact) mass is 263 g/mol. The van der Waals surface area contributed by atoms with Crippen LogP contribution in [0.5, 0.6) is 11.5 Å². The van der Waals surface area contributed by atoms with Crippen LogP contribution in [-0.4, -0.2) is 25.3 Å². The lowest BCUT2D eigenvalue weighted by molar-refractivity contribution is 0.114. The summed E-state index contributed by atoms with van der Waals surface area (Å²) in [7, 11) is 1.95. The van der Waals surface area contributed by atoms with Crippen LogP contribution in [0.2, 0.25) is 0 Å². The first-order valence-corrected chi connectivity index (χ1v) is 7.05. The second kappa shape index (κ2) is 5.41. The fourth-order valence-corrected chi connectivity index (χ4v) is 2.46. The Morgan fingerprint density at radius 3 is 2.74 bits per heavy atom. The molecule has 1 N–H and O–H groups in total. The molecular formula is C16H25NO2. The van der Waals surface area contributed by atoms with Crippen LogP contribution in [0.15, 0.2) is 18.2 Å². The molecule has 0 amide bonds. The number of nitrogens with one attached hydrogen (secondary N) is 1. The lowest BCUT2D eigenvalue weighted by atomic mass is 10.0. The summed E-state index contributed by atoms with van der Waals surface area (Å²) in [6, 6.07) is 6.18. The fraction of sp³-hybridized carbons (Fsp3) is 0.625. The van der Waals surface area contributed by atoms with Crippen molar-refractivity contribution in [2.75, 3.05) is 13.6 Å². The maximum Gasteiger partial charge on any atom is 0.165 e. The molecule has 1 heterocycles. The van der Waals surface area contributed by atoms with Gasteiger partial charge in [-0.2, -0.15) is 0 Å². The van der Waals surface area contributed by atoms with E-state index < -0.39 is 0 Å². The first kappa shape index (κ1) is 14.2. The van der Waals surface area contributed by atoms with E-state index in [9.17, 15) is 0 Å². The van der Waals surface area contributed by atoms with E-state index in [-0.39, 0.29) is 11.7 Å². The fourth-order valence-electron chi connectivity index (χ4n) is 2.46. The Kier molecular flexibility index (Phi) is 4.04. The Morgan fingerprint density at radius 1 is 1.37 bits per heavy atom. The van der Waals surface area contributed by atoms with Gasteiger partial charge in [-0.15, -0.1) is 0 Å². The van der Waals surface area contributed by atoms with Gasteiger partial charge in [0, 0.05) is 18.5 Å². The van der Waals surface area contributed by atoms with Crippen molar-refractivity contribution >= 4 is 0 Å². The molecule has 19 heavy (non-hydrogen) atoms. The SMILES string of the molecule is CNCC(Oc1cccc2c1OC(C)(C)C2)C(C)C.